The number of hydrogen-bond donors (Lipinski definition) is 1. The molecule has 0 spiro atoms. The summed E-state index contributed by atoms with van der Waals surface area (Å²) in [5.74, 6) is 0. The fourth-order valence-electron chi connectivity index (χ4n) is 0.893. The average Bonchev–Trinajstić information content (AvgIpc) is 2.49. The molecule has 0 atom stereocenters. The van der Waals surface area contributed by atoms with Gasteiger partial charge in [-0.15, -0.1) is 11.3 Å². The summed E-state index contributed by atoms with van der Waals surface area (Å²) in [5, 5.41) is 8.54. The maximum atomic E-state index is 11.6. The highest BCUT2D eigenvalue weighted by molar-refractivity contribution is 7.91. The van der Waals surface area contributed by atoms with Crippen LogP contribution in [-0.2, 0) is 10.0 Å². The normalized spacial score (nSPS) is 11.6. The zero-order chi connectivity index (χ0) is 10.8. The third-order valence-electron chi connectivity index (χ3n) is 1.35. The van der Waals surface area contributed by atoms with Crippen LogP contribution in [0, 0.1) is 11.3 Å². The molecule has 0 amide bonds. The minimum absolute atomic E-state index is 0.146. The molecule has 0 saturated heterocycles. The van der Waals surface area contributed by atoms with Crippen molar-refractivity contribution in [2.24, 2.45) is 0 Å². The monoisotopic (exact) mass is 230 g/mol. The van der Waals surface area contributed by atoms with Gasteiger partial charge in [-0.3, -0.25) is 0 Å². The van der Waals surface area contributed by atoms with E-state index in [0.29, 0.717) is 4.88 Å². The van der Waals surface area contributed by atoms with E-state index < -0.39 is 10.0 Å². The quantitative estimate of drug-likeness (QED) is 0.851. The van der Waals surface area contributed by atoms with Crippen LogP contribution < -0.4 is 4.72 Å². The molecule has 1 rings (SSSR count). The Morgan fingerprint density at radius 2 is 2.14 bits per heavy atom. The molecule has 1 N–H and O–H groups in total. The van der Waals surface area contributed by atoms with Gasteiger partial charge in [0, 0.05) is 6.04 Å². The van der Waals surface area contributed by atoms with Crippen molar-refractivity contribution in [3.63, 3.8) is 0 Å². The van der Waals surface area contributed by atoms with Gasteiger partial charge in [0.25, 0.3) is 0 Å². The first-order valence-electron chi connectivity index (χ1n) is 3.98. The van der Waals surface area contributed by atoms with Crippen molar-refractivity contribution in [2.45, 2.75) is 24.1 Å². The number of thiophene rings is 1. The predicted octanol–water partition coefficient (Wildman–Crippen LogP) is 1.31. The smallest absolute Gasteiger partial charge is 0.208 e. The van der Waals surface area contributed by atoms with Crippen LogP contribution in [0.4, 0.5) is 0 Å². The van der Waals surface area contributed by atoms with E-state index in [4.69, 9.17) is 5.26 Å². The second-order valence-electron chi connectivity index (χ2n) is 3.01. The summed E-state index contributed by atoms with van der Waals surface area (Å²) in [6.07, 6.45) is 0. The zero-order valence-corrected chi connectivity index (χ0v) is 9.45. The van der Waals surface area contributed by atoms with Crippen LogP contribution in [0.25, 0.3) is 0 Å². The van der Waals surface area contributed by atoms with Gasteiger partial charge in [-0.1, -0.05) is 0 Å². The minimum atomic E-state index is -3.43. The van der Waals surface area contributed by atoms with Crippen LogP contribution in [0.5, 0.6) is 0 Å². The van der Waals surface area contributed by atoms with E-state index in [-0.39, 0.29) is 10.3 Å². The molecule has 0 unspecified atom stereocenters. The van der Waals surface area contributed by atoms with Crippen molar-refractivity contribution in [2.75, 3.05) is 0 Å². The highest BCUT2D eigenvalue weighted by Crippen LogP contribution is 2.20. The number of sulfonamides is 1. The van der Waals surface area contributed by atoms with Crippen molar-refractivity contribution < 1.29 is 8.42 Å². The average molecular weight is 230 g/mol. The molecule has 0 aliphatic heterocycles. The van der Waals surface area contributed by atoms with Gasteiger partial charge in [-0.2, -0.15) is 5.26 Å². The summed E-state index contributed by atoms with van der Waals surface area (Å²) < 4.78 is 25.8. The summed E-state index contributed by atoms with van der Waals surface area (Å²) in [7, 11) is -3.43. The lowest BCUT2D eigenvalue weighted by Gasteiger charge is -2.06. The Hall–Kier alpha value is -0.900. The Balaban J connectivity index is 3.00. The number of nitrogens with one attached hydrogen (secondary N) is 1. The van der Waals surface area contributed by atoms with Gasteiger partial charge >= 0.3 is 0 Å². The molecule has 0 bridgehead atoms. The molecule has 0 aliphatic carbocycles. The Kier molecular flexibility index (Phi) is 3.26. The Bertz CT molecular complexity index is 454. The first-order valence-corrected chi connectivity index (χ1v) is 6.28. The highest BCUT2D eigenvalue weighted by Gasteiger charge is 2.17. The van der Waals surface area contributed by atoms with E-state index in [1.807, 2.05) is 6.07 Å². The van der Waals surface area contributed by atoms with Gasteiger partial charge in [0.1, 0.15) is 15.2 Å². The number of rotatable bonds is 3. The van der Waals surface area contributed by atoms with Gasteiger partial charge in [-0.05, 0) is 26.0 Å². The van der Waals surface area contributed by atoms with Crippen LogP contribution >= 0.6 is 11.3 Å². The van der Waals surface area contributed by atoms with E-state index in [2.05, 4.69) is 4.72 Å². The second kappa shape index (κ2) is 4.09. The van der Waals surface area contributed by atoms with Crippen LogP contribution in [-0.4, -0.2) is 14.5 Å². The van der Waals surface area contributed by atoms with Crippen molar-refractivity contribution >= 4 is 21.4 Å². The maximum absolute atomic E-state index is 11.6. The van der Waals surface area contributed by atoms with Crippen molar-refractivity contribution in [1.29, 1.82) is 5.26 Å². The summed E-state index contributed by atoms with van der Waals surface area (Å²) in [6, 6.07) is 4.69. The molecule has 14 heavy (non-hydrogen) atoms. The molecule has 0 radical (unpaired) electrons. The van der Waals surface area contributed by atoms with Gasteiger partial charge in [0.15, 0.2) is 0 Å². The molecule has 0 saturated carbocycles. The van der Waals surface area contributed by atoms with Crippen LogP contribution in [0.15, 0.2) is 16.3 Å². The fourth-order valence-corrected chi connectivity index (χ4v) is 3.26. The van der Waals surface area contributed by atoms with Crippen molar-refractivity contribution in [1.82, 2.24) is 4.72 Å². The molecular weight excluding hydrogens is 220 g/mol. The lowest BCUT2D eigenvalue weighted by Crippen LogP contribution is -2.29. The molecule has 1 aromatic heterocycles. The second-order valence-corrected chi connectivity index (χ2v) is 6.03. The van der Waals surface area contributed by atoms with Crippen LogP contribution in [0.2, 0.25) is 0 Å². The van der Waals surface area contributed by atoms with E-state index in [1.165, 1.54) is 12.1 Å². The van der Waals surface area contributed by atoms with Gasteiger partial charge in [0.2, 0.25) is 10.0 Å². The molecular formula is C8H10N2O2S2. The number of hydrogen-bond acceptors (Lipinski definition) is 4. The predicted molar refractivity (Wildman–Crippen MR) is 54.5 cm³/mol. The lowest BCUT2D eigenvalue weighted by molar-refractivity contribution is 0.572. The van der Waals surface area contributed by atoms with Crippen LogP contribution in [0.3, 0.4) is 0 Å². The lowest BCUT2D eigenvalue weighted by atomic mass is 10.4. The highest BCUT2D eigenvalue weighted by atomic mass is 32.2. The molecule has 0 aromatic carbocycles. The molecule has 76 valence electrons. The Morgan fingerprint density at radius 3 is 2.57 bits per heavy atom. The summed E-state index contributed by atoms with van der Waals surface area (Å²) >= 11 is 0.970. The maximum Gasteiger partial charge on any atom is 0.250 e. The molecule has 1 aromatic rings. The van der Waals surface area contributed by atoms with E-state index in [9.17, 15) is 8.42 Å². The molecule has 1 heterocycles. The number of nitriles is 1. The third-order valence-corrected chi connectivity index (χ3v) is 4.49. The van der Waals surface area contributed by atoms with Gasteiger partial charge in [0.05, 0.1) is 0 Å². The minimum Gasteiger partial charge on any atom is -0.208 e. The summed E-state index contributed by atoms with van der Waals surface area (Å²) in [5.41, 5.74) is 0. The van der Waals surface area contributed by atoms with Crippen LogP contribution in [0.1, 0.15) is 18.7 Å². The third kappa shape index (κ3) is 2.54. The molecule has 0 fully saturated rings. The van der Waals surface area contributed by atoms with Gasteiger partial charge < -0.3 is 0 Å². The van der Waals surface area contributed by atoms with E-state index >= 15 is 0 Å². The Morgan fingerprint density at radius 1 is 1.50 bits per heavy atom. The van der Waals surface area contributed by atoms with E-state index in [0.717, 1.165) is 11.3 Å². The van der Waals surface area contributed by atoms with Crippen molar-refractivity contribution in [3.8, 4) is 6.07 Å². The molecule has 0 aliphatic rings. The summed E-state index contributed by atoms with van der Waals surface area (Å²) in [6.45, 7) is 3.49. The van der Waals surface area contributed by atoms with E-state index in [1.54, 1.807) is 13.8 Å². The molecule has 4 nitrogen and oxygen atoms in total. The molecule has 6 heteroatoms. The Labute approximate surface area is 87.2 Å². The zero-order valence-electron chi connectivity index (χ0n) is 7.81. The topological polar surface area (TPSA) is 70.0 Å². The van der Waals surface area contributed by atoms with Crippen molar-refractivity contribution in [3.05, 3.63) is 17.0 Å². The first kappa shape index (κ1) is 11.2. The summed E-state index contributed by atoms with van der Waals surface area (Å²) in [4.78, 5) is 0.397. The largest absolute Gasteiger partial charge is 0.250 e. The SMILES string of the molecule is CC(C)NS(=O)(=O)c1ccc(C#N)s1. The standard InChI is InChI=1S/C8H10N2O2S2/c1-6(2)10-14(11,12)8-4-3-7(5-9)13-8/h3-4,6,10H,1-2H3. The fraction of sp³-hybridized carbons (Fsp3) is 0.375. The number of nitrogens with zero attached hydrogens (tertiary/aromatic N) is 1. The first-order chi connectivity index (χ1) is 6.45. The van der Waals surface area contributed by atoms with Gasteiger partial charge in [-0.25, -0.2) is 13.1 Å².